The van der Waals surface area contributed by atoms with Crippen LogP contribution in [0, 0.1) is 0 Å². The van der Waals surface area contributed by atoms with Gasteiger partial charge in [-0.1, -0.05) is 0 Å². The number of rotatable bonds is 0. The molecule has 3 heteroatoms. The Bertz CT molecular complexity index is 194. The smallest absolute Gasteiger partial charge is 0.269 e. The van der Waals surface area contributed by atoms with Gasteiger partial charge in [-0.2, -0.15) is 0 Å². The average molecular weight is 146 g/mol. The summed E-state index contributed by atoms with van der Waals surface area (Å²) >= 11 is 0. The SMILES string of the molecule is CC1=CC(=O)CCC1(F)F. The Morgan fingerprint density at radius 1 is 1.60 bits per heavy atom. The van der Waals surface area contributed by atoms with Crippen LogP contribution >= 0.6 is 0 Å². The predicted octanol–water partition coefficient (Wildman–Crippen LogP) is 1.93. The third-order valence-electron chi connectivity index (χ3n) is 1.64. The molecule has 1 aliphatic carbocycles. The van der Waals surface area contributed by atoms with Gasteiger partial charge in [0.05, 0.1) is 0 Å². The van der Waals surface area contributed by atoms with E-state index < -0.39 is 5.92 Å². The van der Waals surface area contributed by atoms with Gasteiger partial charge in [0.1, 0.15) is 0 Å². The molecular formula is C7H8F2O. The van der Waals surface area contributed by atoms with E-state index in [2.05, 4.69) is 0 Å². The highest BCUT2D eigenvalue weighted by Gasteiger charge is 2.34. The summed E-state index contributed by atoms with van der Waals surface area (Å²) in [6, 6.07) is 0. The lowest BCUT2D eigenvalue weighted by atomic mass is 9.96. The molecule has 10 heavy (non-hydrogen) atoms. The molecule has 0 saturated carbocycles. The van der Waals surface area contributed by atoms with Gasteiger partial charge >= 0.3 is 0 Å². The lowest BCUT2D eigenvalue weighted by molar-refractivity contribution is -0.117. The number of ketones is 1. The van der Waals surface area contributed by atoms with E-state index >= 15 is 0 Å². The third-order valence-corrected chi connectivity index (χ3v) is 1.64. The molecule has 0 saturated heterocycles. The number of allylic oxidation sites excluding steroid dienone is 2. The fourth-order valence-electron chi connectivity index (χ4n) is 0.897. The fourth-order valence-corrected chi connectivity index (χ4v) is 0.897. The molecular weight excluding hydrogens is 138 g/mol. The van der Waals surface area contributed by atoms with E-state index in [-0.39, 0.29) is 24.2 Å². The van der Waals surface area contributed by atoms with Crippen LogP contribution in [-0.2, 0) is 4.79 Å². The van der Waals surface area contributed by atoms with Crippen molar-refractivity contribution in [1.82, 2.24) is 0 Å². The zero-order chi connectivity index (χ0) is 7.78. The zero-order valence-electron chi connectivity index (χ0n) is 5.66. The summed E-state index contributed by atoms with van der Waals surface area (Å²) < 4.78 is 25.1. The first-order valence-corrected chi connectivity index (χ1v) is 3.12. The Labute approximate surface area is 57.7 Å². The number of hydrogen-bond acceptors (Lipinski definition) is 1. The van der Waals surface area contributed by atoms with Crippen LogP contribution < -0.4 is 0 Å². The minimum absolute atomic E-state index is 0.0235. The van der Waals surface area contributed by atoms with E-state index in [1.54, 1.807) is 0 Å². The molecule has 0 spiro atoms. The van der Waals surface area contributed by atoms with Crippen LogP contribution in [0.4, 0.5) is 8.78 Å². The second-order valence-electron chi connectivity index (χ2n) is 2.50. The van der Waals surface area contributed by atoms with E-state index in [0.717, 1.165) is 6.08 Å². The summed E-state index contributed by atoms with van der Waals surface area (Å²) in [5.41, 5.74) is -0.108. The maximum atomic E-state index is 12.6. The first-order chi connectivity index (χ1) is 4.52. The molecule has 0 radical (unpaired) electrons. The highest BCUT2D eigenvalue weighted by Crippen LogP contribution is 2.32. The normalized spacial score (nSPS) is 24.3. The average Bonchev–Trinajstić information content (AvgIpc) is 1.81. The van der Waals surface area contributed by atoms with E-state index in [1.807, 2.05) is 0 Å². The van der Waals surface area contributed by atoms with E-state index in [1.165, 1.54) is 6.92 Å². The van der Waals surface area contributed by atoms with Crippen molar-refractivity contribution in [3.8, 4) is 0 Å². The summed E-state index contributed by atoms with van der Waals surface area (Å²) in [4.78, 5) is 10.6. The molecule has 0 fully saturated rings. The zero-order valence-corrected chi connectivity index (χ0v) is 5.66. The number of carbonyl (C=O) groups is 1. The van der Waals surface area contributed by atoms with Crippen LogP contribution in [0.1, 0.15) is 19.8 Å². The molecule has 0 aromatic heterocycles. The second-order valence-corrected chi connectivity index (χ2v) is 2.50. The first kappa shape index (κ1) is 7.38. The fraction of sp³-hybridized carbons (Fsp3) is 0.571. The molecule has 0 aromatic carbocycles. The van der Waals surface area contributed by atoms with Crippen molar-refractivity contribution in [2.45, 2.75) is 25.7 Å². The van der Waals surface area contributed by atoms with Gasteiger partial charge in [-0.05, 0) is 18.6 Å². The summed E-state index contributed by atoms with van der Waals surface area (Å²) in [5.74, 6) is -2.93. The molecule has 0 atom stereocenters. The minimum Gasteiger partial charge on any atom is -0.295 e. The number of alkyl halides is 2. The summed E-state index contributed by atoms with van der Waals surface area (Å²) in [5, 5.41) is 0. The topological polar surface area (TPSA) is 17.1 Å². The number of halogens is 2. The van der Waals surface area contributed by atoms with E-state index in [4.69, 9.17) is 0 Å². The molecule has 0 amide bonds. The standard InChI is InChI=1S/C7H8F2O/c1-5-4-6(10)2-3-7(5,8)9/h4H,2-3H2,1H3. The van der Waals surface area contributed by atoms with Crippen molar-refractivity contribution in [3.05, 3.63) is 11.6 Å². The van der Waals surface area contributed by atoms with E-state index in [0.29, 0.717) is 0 Å². The number of carbonyl (C=O) groups excluding carboxylic acids is 1. The Morgan fingerprint density at radius 2 is 2.20 bits per heavy atom. The van der Waals surface area contributed by atoms with Gasteiger partial charge in [0.25, 0.3) is 5.92 Å². The van der Waals surface area contributed by atoms with Gasteiger partial charge in [0, 0.05) is 12.8 Å². The van der Waals surface area contributed by atoms with Gasteiger partial charge in [-0.3, -0.25) is 4.79 Å². The summed E-state index contributed by atoms with van der Waals surface area (Å²) in [7, 11) is 0. The molecule has 0 aromatic rings. The van der Waals surface area contributed by atoms with Crippen molar-refractivity contribution in [2.75, 3.05) is 0 Å². The molecule has 0 N–H and O–H groups in total. The van der Waals surface area contributed by atoms with E-state index in [9.17, 15) is 13.6 Å². The van der Waals surface area contributed by atoms with Gasteiger partial charge in [-0.15, -0.1) is 0 Å². The molecule has 1 aliphatic rings. The molecule has 0 heterocycles. The van der Waals surface area contributed by atoms with Gasteiger partial charge < -0.3 is 0 Å². The van der Waals surface area contributed by atoms with Crippen LogP contribution in [0.15, 0.2) is 11.6 Å². The Kier molecular flexibility index (Phi) is 1.58. The largest absolute Gasteiger partial charge is 0.295 e. The maximum Gasteiger partial charge on any atom is 0.269 e. The molecule has 1 nitrogen and oxygen atoms in total. The van der Waals surface area contributed by atoms with Crippen LogP contribution in [0.2, 0.25) is 0 Å². The van der Waals surface area contributed by atoms with Gasteiger partial charge in [-0.25, -0.2) is 8.78 Å². The second kappa shape index (κ2) is 2.15. The molecule has 56 valence electrons. The lowest BCUT2D eigenvalue weighted by Gasteiger charge is -2.19. The van der Waals surface area contributed by atoms with Crippen molar-refractivity contribution in [1.29, 1.82) is 0 Å². The van der Waals surface area contributed by atoms with Crippen molar-refractivity contribution in [2.24, 2.45) is 0 Å². The number of hydrogen-bond donors (Lipinski definition) is 0. The monoisotopic (exact) mass is 146 g/mol. The van der Waals surface area contributed by atoms with Gasteiger partial charge in [0.15, 0.2) is 5.78 Å². The Hall–Kier alpha value is -0.730. The maximum absolute atomic E-state index is 12.6. The predicted molar refractivity (Wildman–Crippen MR) is 32.9 cm³/mol. The lowest BCUT2D eigenvalue weighted by Crippen LogP contribution is -2.23. The van der Waals surface area contributed by atoms with Crippen LogP contribution in [0.25, 0.3) is 0 Å². The minimum atomic E-state index is -2.74. The van der Waals surface area contributed by atoms with Crippen molar-refractivity contribution >= 4 is 5.78 Å². The summed E-state index contributed by atoms with van der Waals surface area (Å²) in [6.45, 7) is 1.29. The quantitative estimate of drug-likeness (QED) is 0.510. The van der Waals surface area contributed by atoms with Crippen LogP contribution in [0.5, 0.6) is 0 Å². The highest BCUT2D eigenvalue weighted by atomic mass is 19.3. The van der Waals surface area contributed by atoms with Crippen LogP contribution in [-0.4, -0.2) is 11.7 Å². The molecule has 1 rings (SSSR count). The Morgan fingerprint density at radius 3 is 2.60 bits per heavy atom. The van der Waals surface area contributed by atoms with Crippen molar-refractivity contribution < 1.29 is 13.6 Å². The van der Waals surface area contributed by atoms with Crippen molar-refractivity contribution in [3.63, 3.8) is 0 Å². The third kappa shape index (κ3) is 1.23. The summed E-state index contributed by atoms with van der Waals surface area (Å²) in [6.07, 6.45) is 0.683. The van der Waals surface area contributed by atoms with Crippen LogP contribution in [0.3, 0.4) is 0 Å². The Balaban J connectivity index is 2.88. The van der Waals surface area contributed by atoms with Gasteiger partial charge in [0.2, 0.25) is 0 Å². The molecule has 0 aliphatic heterocycles. The molecule has 0 unspecified atom stereocenters. The highest BCUT2D eigenvalue weighted by molar-refractivity contribution is 5.91. The first-order valence-electron chi connectivity index (χ1n) is 3.12. The molecule has 0 bridgehead atoms.